The van der Waals surface area contributed by atoms with Crippen molar-refractivity contribution in [2.75, 3.05) is 19.0 Å². The van der Waals surface area contributed by atoms with E-state index in [1.165, 1.54) is 12.1 Å². The van der Waals surface area contributed by atoms with Gasteiger partial charge in [0.2, 0.25) is 0 Å². The molecule has 1 unspecified atom stereocenters. The molecule has 5 nitrogen and oxygen atoms in total. The van der Waals surface area contributed by atoms with Crippen LogP contribution in [0.2, 0.25) is 5.02 Å². The fourth-order valence-electron chi connectivity index (χ4n) is 4.39. The molecule has 1 N–H and O–H groups in total. The van der Waals surface area contributed by atoms with Crippen LogP contribution >= 0.6 is 11.6 Å². The van der Waals surface area contributed by atoms with Gasteiger partial charge in [0.15, 0.2) is 0 Å². The average molecular weight is 556 g/mol. The number of nitrogens with zero attached hydrogens (tertiary/aromatic N) is 2. The van der Waals surface area contributed by atoms with E-state index in [0.717, 1.165) is 34.3 Å². The van der Waals surface area contributed by atoms with Gasteiger partial charge in [-0.3, -0.25) is 9.78 Å². The largest absolute Gasteiger partial charge is 0.497 e. The van der Waals surface area contributed by atoms with Crippen molar-refractivity contribution in [1.29, 1.82) is 0 Å². The van der Waals surface area contributed by atoms with Crippen LogP contribution in [0.3, 0.4) is 0 Å². The Morgan fingerprint density at radius 2 is 1.85 bits per heavy atom. The number of halogens is 4. The number of alkyl halides is 3. The maximum atomic E-state index is 13.4. The second-order valence-electron chi connectivity index (χ2n) is 9.37. The van der Waals surface area contributed by atoms with Crippen LogP contribution in [0.4, 0.5) is 18.9 Å². The Bertz CT molecular complexity index is 1430. The second-order valence-corrected chi connectivity index (χ2v) is 9.81. The lowest BCUT2D eigenvalue weighted by atomic mass is 10.1. The van der Waals surface area contributed by atoms with Crippen molar-refractivity contribution < 1.29 is 22.7 Å². The highest BCUT2D eigenvalue weighted by molar-refractivity contribution is 6.30. The molecule has 0 spiro atoms. The van der Waals surface area contributed by atoms with E-state index in [4.69, 9.17) is 16.3 Å². The first kappa shape index (κ1) is 28.2. The third kappa shape index (κ3) is 7.41. The van der Waals surface area contributed by atoms with E-state index in [0.29, 0.717) is 30.2 Å². The first-order chi connectivity index (χ1) is 18.6. The van der Waals surface area contributed by atoms with Gasteiger partial charge in [-0.15, -0.1) is 0 Å². The van der Waals surface area contributed by atoms with Crippen LogP contribution in [-0.4, -0.2) is 35.5 Å². The minimum atomic E-state index is -4.53. The third-order valence-electron chi connectivity index (χ3n) is 6.39. The van der Waals surface area contributed by atoms with Crippen LogP contribution in [0.5, 0.6) is 5.75 Å². The Balaban J connectivity index is 1.47. The second kappa shape index (κ2) is 12.4. The minimum absolute atomic E-state index is 0.00103. The average Bonchev–Trinajstić information content (AvgIpc) is 2.92. The summed E-state index contributed by atoms with van der Waals surface area (Å²) in [7, 11) is 1.61. The number of aromatic nitrogens is 1. The molecule has 3 aromatic carbocycles. The zero-order chi connectivity index (χ0) is 28.0. The van der Waals surface area contributed by atoms with Gasteiger partial charge >= 0.3 is 6.18 Å². The summed E-state index contributed by atoms with van der Waals surface area (Å²) in [5.74, 6) is 0.255. The molecule has 4 aromatic rings. The number of ether oxygens (including phenoxy) is 1. The summed E-state index contributed by atoms with van der Waals surface area (Å²) in [5, 5.41) is 5.00. The molecule has 1 amide bonds. The van der Waals surface area contributed by atoms with Crippen LogP contribution in [0.15, 0.2) is 79.0 Å². The highest BCUT2D eigenvalue weighted by Gasteiger charge is 2.31. The van der Waals surface area contributed by atoms with Gasteiger partial charge in [0.25, 0.3) is 5.91 Å². The van der Waals surface area contributed by atoms with Gasteiger partial charge in [-0.25, -0.2) is 0 Å². The SMILES string of the molecule is COc1cc(NC(C)CCCN(Cc2ccc(Cl)cc2)C(=O)c2cccc(C(F)(F)F)c2)c2ncccc2c1. The maximum absolute atomic E-state index is 13.4. The molecular formula is C30H29ClF3N3O2. The molecule has 0 saturated heterocycles. The fraction of sp³-hybridized carbons (Fsp3) is 0.267. The van der Waals surface area contributed by atoms with E-state index in [1.807, 2.05) is 31.2 Å². The summed E-state index contributed by atoms with van der Waals surface area (Å²) in [6, 6.07) is 19.3. The Kier molecular flexibility index (Phi) is 8.97. The van der Waals surface area contributed by atoms with Gasteiger partial charge in [0.05, 0.1) is 23.9 Å². The van der Waals surface area contributed by atoms with Gasteiger partial charge < -0.3 is 15.0 Å². The number of hydrogen-bond acceptors (Lipinski definition) is 4. The number of hydrogen-bond donors (Lipinski definition) is 1. The van der Waals surface area contributed by atoms with E-state index in [9.17, 15) is 18.0 Å². The number of methoxy groups -OCH3 is 1. The van der Waals surface area contributed by atoms with E-state index in [-0.39, 0.29) is 18.2 Å². The Morgan fingerprint density at radius 3 is 2.56 bits per heavy atom. The molecule has 0 fully saturated rings. The van der Waals surface area contributed by atoms with Crippen molar-refractivity contribution in [1.82, 2.24) is 9.88 Å². The zero-order valence-electron chi connectivity index (χ0n) is 21.6. The number of benzene rings is 3. The number of anilines is 1. The van der Waals surface area contributed by atoms with Gasteiger partial charge in [-0.05, 0) is 67.8 Å². The van der Waals surface area contributed by atoms with E-state index < -0.39 is 17.6 Å². The number of rotatable bonds is 10. The number of fused-ring (bicyclic) bond motifs is 1. The number of pyridine rings is 1. The Labute approximate surface area is 230 Å². The van der Waals surface area contributed by atoms with E-state index in [1.54, 1.807) is 42.5 Å². The lowest BCUT2D eigenvalue weighted by molar-refractivity contribution is -0.137. The summed E-state index contributed by atoms with van der Waals surface area (Å²) < 4.78 is 45.3. The molecule has 4 rings (SSSR count). The highest BCUT2D eigenvalue weighted by atomic mass is 35.5. The number of nitrogens with one attached hydrogen (secondary N) is 1. The predicted molar refractivity (Wildman–Crippen MR) is 148 cm³/mol. The molecule has 0 saturated carbocycles. The molecule has 0 aliphatic rings. The summed E-state index contributed by atoms with van der Waals surface area (Å²) in [4.78, 5) is 19.4. The quantitative estimate of drug-likeness (QED) is 0.216. The smallest absolute Gasteiger partial charge is 0.416 e. The first-order valence-corrected chi connectivity index (χ1v) is 12.9. The third-order valence-corrected chi connectivity index (χ3v) is 6.64. The molecule has 0 aliphatic heterocycles. The Morgan fingerprint density at radius 1 is 1.08 bits per heavy atom. The molecule has 0 bridgehead atoms. The normalized spacial score (nSPS) is 12.3. The van der Waals surface area contributed by atoms with Crippen LogP contribution in [0.1, 0.15) is 41.3 Å². The van der Waals surface area contributed by atoms with Gasteiger partial charge in [-0.2, -0.15) is 13.2 Å². The van der Waals surface area contributed by atoms with Crippen molar-refractivity contribution >= 4 is 34.1 Å². The minimum Gasteiger partial charge on any atom is -0.497 e. The Hall–Kier alpha value is -3.78. The molecule has 1 heterocycles. The molecule has 0 radical (unpaired) electrons. The van der Waals surface area contributed by atoms with Crippen molar-refractivity contribution in [3.05, 3.63) is 101 Å². The number of carbonyl (C=O) groups excluding carboxylic acids is 1. The monoisotopic (exact) mass is 555 g/mol. The van der Waals surface area contributed by atoms with Crippen molar-refractivity contribution in [3.63, 3.8) is 0 Å². The van der Waals surface area contributed by atoms with Crippen molar-refractivity contribution in [2.24, 2.45) is 0 Å². The molecule has 9 heteroatoms. The summed E-state index contributed by atoms with van der Waals surface area (Å²) in [6.45, 7) is 2.64. The highest BCUT2D eigenvalue weighted by Crippen LogP contribution is 2.30. The molecule has 39 heavy (non-hydrogen) atoms. The predicted octanol–water partition coefficient (Wildman–Crippen LogP) is 7.84. The lowest BCUT2D eigenvalue weighted by Crippen LogP contribution is -2.32. The molecule has 1 atom stereocenters. The van der Waals surface area contributed by atoms with Crippen LogP contribution in [0, 0.1) is 0 Å². The topological polar surface area (TPSA) is 54.5 Å². The molecule has 204 valence electrons. The van der Waals surface area contributed by atoms with E-state index >= 15 is 0 Å². The van der Waals surface area contributed by atoms with E-state index in [2.05, 4.69) is 10.3 Å². The number of amides is 1. The first-order valence-electron chi connectivity index (χ1n) is 12.5. The van der Waals surface area contributed by atoms with Gasteiger partial charge in [0, 0.05) is 47.4 Å². The van der Waals surface area contributed by atoms with Gasteiger partial charge in [0.1, 0.15) is 5.75 Å². The fourth-order valence-corrected chi connectivity index (χ4v) is 4.52. The molecule has 0 aliphatic carbocycles. The summed E-state index contributed by atoms with van der Waals surface area (Å²) in [6.07, 6.45) is -1.46. The van der Waals surface area contributed by atoms with Crippen molar-refractivity contribution in [2.45, 2.75) is 38.5 Å². The summed E-state index contributed by atoms with van der Waals surface area (Å²) >= 11 is 6.00. The van der Waals surface area contributed by atoms with Crippen LogP contribution in [0.25, 0.3) is 10.9 Å². The zero-order valence-corrected chi connectivity index (χ0v) is 22.4. The molecular weight excluding hydrogens is 527 g/mol. The molecule has 1 aromatic heterocycles. The van der Waals surface area contributed by atoms with Crippen LogP contribution < -0.4 is 10.1 Å². The maximum Gasteiger partial charge on any atom is 0.416 e. The lowest BCUT2D eigenvalue weighted by Gasteiger charge is -2.25. The standard InChI is InChI=1S/C30H29ClF3N3O2/c1-20(36-27-18-26(39-2)17-22-8-4-14-35-28(22)27)6-5-15-37(19-21-10-12-25(31)13-11-21)29(38)23-7-3-9-24(16-23)30(32,33)34/h3-4,7-14,16-18,20,36H,5-6,15,19H2,1-2H3. The summed E-state index contributed by atoms with van der Waals surface area (Å²) in [5.41, 5.74) is 1.65. The van der Waals surface area contributed by atoms with Crippen LogP contribution in [-0.2, 0) is 12.7 Å². The van der Waals surface area contributed by atoms with Gasteiger partial charge in [-0.1, -0.05) is 35.9 Å². The number of carbonyl (C=O) groups is 1. The van der Waals surface area contributed by atoms with Crippen molar-refractivity contribution in [3.8, 4) is 5.75 Å².